The second-order valence-corrected chi connectivity index (χ2v) is 9.24. The molecule has 2 aliphatic carbocycles. The van der Waals surface area contributed by atoms with Gasteiger partial charge in [-0.05, 0) is 55.4 Å². The molecule has 0 unspecified atom stereocenters. The molecule has 2 amide bonds. The number of para-hydroxylation sites is 1. The number of carboxylic acid groups (broad SMARTS) is 1. The normalized spacial score (nSPS) is 15.8. The summed E-state index contributed by atoms with van der Waals surface area (Å²) in [6, 6.07) is 10.2. The molecule has 0 saturated heterocycles. The first-order valence-electron chi connectivity index (χ1n) is 12.1. The molecule has 3 N–H and O–H groups in total. The van der Waals surface area contributed by atoms with Crippen molar-refractivity contribution in [1.29, 1.82) is 0 Å². The van der Waals surface area contributed by atoms with E-state index in [0.29, 0.717) is 11.4 Å². The number of halogens is 2. The highest BCUT2D eigenvalue weighted by Gasteiger charge is 2.27. The van der Waals surface area contributed by atoms with E-state index in [1.54, 1.807) is 18.2 Å². The molecule has 4 rings (SSSR count). The van der Waals surface area contributed by atoms with E-state index < -0.39 is 18.6 Å². The van der Waals surface area contributed by atoms with Gasteiger partial charge < -0.3 is 20.5 Å². The van der Waals surface area contributed by atoms with Gasteiger partial charge >= 0.3 is 18.6 Å². The topological polar surface area (TPSA) is 101 Å². The third kappa shape index (κ3) is 8.19. The molecule has 2 aliphatic rings. The number of alkyl halides is 2. The molecule has 7 nitrogen and oxygen atoms in total. The number of aromatic nitrogens is 1. The number of aliphatic carboxylic acids is 1. The van der Waals surface area contributed by atoms with E-state index in [4.69, 9.17) is 5.11 Å². The number of hydrogen-bond acceptors (Lipinski definition) is 4. The summed E-state index contributed by atoms with van der Waals surface area (Å²) in [5.41, 5.74) is 2.46. The minimum atomic E-state index is -3.01. The summed E-state index contributed by atoms with van der Waals surface area (Å²) in [5.74, 6) is -0.385. The van der Waals surface area contributed by atoms with Crippen LogP contribution in [0.1, 0.15) is 81.9 Å². The van der Waals surface area contributed by atoms with Crippen LogP contribution in [0.25, 0.3) is 0 Å². The lowest BCUT2D eigenvalue weighted by molar-refractivity contribution is -0.142. The maximum atomic E-state index is 12.7. The number of carboxylic acids is 1. The number of benzene rings is 1. The molecule has 1 heterocycles. The van der Waals surface area contributed by atoms with Crippen molar-refractivity contribution in [3.05, 3.63) is 47.7 Å². The molecule has 35 heavy (non-hydrogen) atoms. The van der Waals surface area contributed by atoms with Crippen LogP contribution in [0.3, 0.4) is 0 Å². The first kappa shape index (κ1) is 26.4. The highest BCUT2D eigenvalue weighted by Crippen LogP contribution is 2.40. The number of urea groups is 1. The number of amides is 2. The van der Waals surface area contributed by atoms with Gasteiger partial charge in [-0.2, -0.15) is 8.78 Å². The van der Waals surface area contributed by atoms with Crippen molar-refractivity contribution in [3.8, 4) is 5.88 Å². The predicted octanol–water partition coefficient (Wildman–Crippen LogP) is 6.98. The van der Waals surface area contributed by atoms with Gasteiger partial charge in [0.25, 0.3) is 0 Å². The Morgan fingerprint density at radius 1 is 0.971 bits per heavy atom. The quantitative estimate of drug-likeness (QED) is 0.390. The Hall–Kier alpha value is -3.23. The zero-order valence-corrected chi connectivity index (χ0v) is 20.1. The molecule has 190 valence electrons. The van der Waals surface area contributed by atoms with E-state index in [-0.39, 0.29) is 29.3 Å². The van der Waals surface area contributed by atoms with Crippen LogP contribution >= 0.6 is 0 Å². The molecule has 0 bridgehead atoms. The summed E-state index contributed by atoms with van der Waals surface area (Å²) in [4.78, 5) is 26.8. The fourth-order valence-electron chi connectivity index (χ4n) is 4.07. The zero-order chi connectivity index (χ0) is 25.4. The van der Waals surface area contributed by atoms with Gasteiger partial charge in [-0.1, -0.05) is 51.3 Å². The Morgan fingerprint density at radius 2 is 1.63 bits per heavy atom. The number of pyridine rings is 1. The van der Waals surface area contributed by atoms with E-state index in [2.05, 4.69) is 20.4 Å². The van der Waals surface area contributed by atoms with Crippen LogP contribution in [-0.2, 0) is 4.79 Å². The smallest absolute Gasteiger partial charge is 0.388 e. The maximum Gasteiger partial charge on any atom is 0.388 e. The fraction of sp³-hybridized carbons (Fsp3) is 0.500. The van der Waals surface area contributed by atoms with E-state index in [0.717, 1.165) is 44.1 Å². The summed E-state index contributed by atoms with van der Waals surface area (Å²) in [6.07, 6.45) is 7.21. The van der Waals surface area contributed by atoms with Gasteiger partial charge in [-0.25, -0.2) is 9.78 Å². The molecule has 1 aromatic heterocycles. The van der Waals surface area contributed by atoms with Crippen molar-refractivity contribution in [2.24, 2.45) is 5.92 Å². The Labute approximate surface area is 204 Å². The van der Waals surface area contributed by atoms with Crippen LogP contribution in [0.2, 0.25) is 0 Å². The Balaban J connectivity index is 0.000000320. The maximum absolute atomic E-state index is 12.7. The van der Waals surface area contributed by atoms with Gasteiger partial charge in [-0.15, -0.1) is 0 Å². The lowest BCUT2D eigenvalue weighted by atomic mass is 9.90. The van der Waals surface area contributed by atoms with E-state index in [9.17, 15) is 18.4 Å². The minimum absolute atomic E-state index is 0.0289. The molecule has 0 radical (unpaired) electrons. The van der Waals surface area contributed by atoms with E-state index >= 15 is 0 Å². The number of carbonyl (C=O) groups is 2. The largest absolute Gasteiger partial charge is 0.481 e. The number of rotatable bonds is 7. The first-order valence-corrected chi connectivity index (χ1v) is 12.1. The molecule has 9 heteroatoms. The monoisotopic (exact) mass is 489 g/mol. The van der Waals surface area contributed by atoms with Crippen LogP contribution in [0.15, 0.2) is 36.4 Å². The van der Waals surface area contributed by atoms with Crippen molar-refractivity contribution < 1.29 is 28.2 Å². The average Bonchev–Trinajstić information content (AvgIpc) is 3.67. The lowest BCUT2D eigenvalue weighted by Gasteiger charge is -2.16. The number of nitrogens with one attached hydrogen (secondary N) is 2. The zero-order valence-electron chi connectivity index (χ0n) is 20.1. The standard InChI is InChI=1S/C19H21F2N3O2.C7H12O2/c1-11(2)13-5-3-4-6-15(13)23-19(25)24-16-10-9-14(12-7-8-12)22-17(16)26-18(20)21;8-7(9)6-4-2-1-3-5-6/h3-6,9-12,18H,7-8H2,1-2H3,(H2,23,24,25);6H,1-5H2,(H,8,9). The minimum Gasteiger partial charge on any atom is -0.481 e. The number of anilines is 2. The molecule has 0 aliphatic heterocycles. The van der Waals surface area contributed by atoms with Crippen LogP contribution in [0.5, 0.6) is 5.88 Å². The van der Waals surface area contributed by atoms with Crippen molar-refractivity contribution >= 4 is 23.4 Å². The average molecular weight is 490 g/mol. The SMILES string of the molecule is CC(C)c1ccccc1NC(=O)Nc1ccc(C2CC2)nc1OC(F)F.O=C(O)C1CCCCC1. The second kappa shape index (κ2) is 12.5. The Bertz CT molecular complexity index is 1010. The molecular weight excluding hydrogens is 456 g/mol. The highest BCUT2D eigenvalue weighted by molar-refractivity contribution is 6.01. The van der Waals surface area contributed by atoms with Crippen LogP contribution in [-0.4, -0.2) is 28.7 Å². The summed E-state index contributed by atoms with van der Waals surface area (Å²) in [7, 11) is 0. The van der Waals surface area contributed by atoms with Gasteiger partial charge in [0.2, 0.25) is 5.88 Å². The van der Waals surface area contributed by atoms with Gasteiger partial charge in [0.1, 0.15) is 5.69 Å². The lowest BCUT2D eigenvalue weighted by Crippen LogP contribution is -2.21. The molecule has 2 fully saturated rings. The summed E-state index contributed by atoms with van der Waals surface area (Å²) in [6.45, 7) is 1.03. The van der Waals surface area contributed by atoms with Crippen molar-refractivity contribution in [2.75, 3.05) is 10.6 Å². The third-order valence-corrected chi connectivity index (χ3v) is 6.11. The predicted molar refractivity (Wildman–Crippen MR) is 130 cm³/mol. The van der Waals surface area contributed by atoms with Crippen LogP contribution < -0.4 is 15.4 Å². The number of ether oxygens (including phenoxy) is 1. The molecule has 0 spiro atoms. The Morgan fingerprint density at radius 3 is 2.20 bits per heavy atom. The summed E-state index contributed by atoms with van der Waals surface area (Å²) < 4.78 is 29.9. The highest BCUT2D eigenvalue weighted by atomic mass is 19.3. The summed E-state index contributed by atoms with van der Waals surface area (Å²) >= 11 is 0. The molecule has 0 atom stereocenters. The van der Waals surface area contributed by atoms with Crippen LogP contribution in [0.4, 0.5) is 25.0 Å². The first-order chi connectivity index (χ1) is 16.7. The van der Waals surface area contributed by atoms with Gasteiger partial charge in [0.05, 0.1) is 5.92 Å². The fourth-order valence-corrected chi connectivity index (χ4v) is 4.07. The van der Waals surface area contributed by atoms with Gasteiger partial charge in [0.15, 0.2) is 0 Å². The number of carbonyl (C=O) groups excluding carboxylic acids is 1. The van der Waals surface area contributed by atoms with Gasteiger partial charge in [-0.3, -0.25) is 4.79 Å². The van der Waals surface area contributed by atoms with Crippen LogP contribution in [0, 0.1) is 5.92 Å². The summed E-state index contributed by atoms with van der Waals surface area (Å²) in [5, 5.41) is 13.8. The van der Waals surface area contributed by atoms with Gasteiger partial charge in [0, 0.05) is 17.3 Å². The molecule has 2 saturated carbocycles. The number of nitrogens with zero attached hydrogens (tertiary/aromatic N) is 1. The van der Waals surface area contributed by atoms with E-state index in [1.807, 2.05) is 32.0 Å². The molecular formula is C26H33F2N3O4. The van der Waals surface area contributed by atoms with Crippen molar-refractivity contribution in [1.82, 2.24) is 4.98 Å². The van der Waals surface area contributed by atoms with Crippen molar-refractivity contribution in [2.45, 2.75) is 77.2 Å². The second-order valence-electron chi connectivity index (χ2n) is 9.24. The molecule has 1 aromatic carbocycles. The van der Waals surface area contributed by atoms with Crippen molar-refractivity contribution in [3.63, 3.8) is 0 Å². The Kier molecular flexibility index (Phi) is 9.39. The third-order valence-electron chi connectivity index (χ3n) is 6.11. The molecule has 2 aromatic rings. The van der Waals surface area contributed by atoms with E-state index in [1.165, 1.54) is 6.42 Å². The number of hydrogen-bond donors (Lipinski definition) is 3.